The van der Waals surface area contributed by atoms with Crippen molar-refractivity contribution < 1.29 is 14.6 Å². The molecule has 0 aliphatic carbocycles. The minimum Gasteiger partial charge on any atom is -0.456 e. The van der Waals surface area contributed by atoms with Crippen molar-refractivity contribution in [3.63, 3.8) is 0 Å². The van der Waals surface area contributed by atoms with E-state index in [9.17, 15) is 9.90 Å². The summed E-state index contributed by atoms with van der Waals surface area (Å²) in [6, 6.07) is 6.86. The van der Waals surface area contributed by atoms with Gasteiger partial charge in [0.05, 0.1) is 0 Å². The average molecular weight is 239 g/mol. The van der Waals surface area contributed by atoms with Crippen molar-refractivity contribution in [2.45, 2.75) is 18.6 Å². The second-order valence-electron chi connectivity index (χ2n) is 3.75. The van der Waals surface area contributed by atoms with E-state index in [1.807, 2.05) is 0 Å². The third-order valence-electron chi connectivity index (χ3n) is 2.67. The summed E-state index contributed by atoms with van der Waals surface area (Å²) in [5.41, 5.74) is -0.699. The Morgan fingerprint density at radius 1 is 1.50 bits per heavy atom. The summed E-state index contributed by atoms with van der Waals surface area (Å²) in [5.74, 6) is -0.445. The lowest BCUT2D eigenvalue weighted by atomic mass is 9.87. The molecule has 1 aromatic carbocycles. The van der Waals surface area contributed by atoms with Crippen LogP contribution in [0.2, 0.25) is 5.02 Å². The molecule has 4 heteroatoms. The summed E-state index contributed by atoms with van der Waals surface area (Å²) in [6.07, 6.45) is 2.03. The first kappa shape index (κ1) is 11.2. The van der Waals surface area contributed by atoms with Crippen molar-refractivity contribution in [1.82, 2.24) is 0 Å². The van der Waals surface area contributed by atoms with E-state index in [1.165, 1.54) is 12.2 Å². The molecule has 2 rings (SSSR count). The van der Waals surface area contributed by atoms with Crippen LogP contribution in [0.25, 0.3) is 0 Å². The van der Waals surface area contributed by atoms with Gasteiger partial charge in [0.1, 0.15) is 11.7 Å². The van der Waals surface area contributed by atoms with Crippen LogP contribution in [0, 0.1) is 0 Å². The van der Waals surface area contributed by atoms with Crippen LogP contribution >= 0.6 is 11.6 Å². The van der Waals surface area contributed by atoms with Crippen LogP contribution in [-0.2, 0) is 15.1 Å². The number of ether oxygens (including phenoxy) is 1. The fraction of sp³-hybridized carbons (Fsp3) is 0.250. The van der Waals surface area contributed by atoms with Crippen molar-refractivity contribution in [1.29, 1.82) is 0 Å². The Kier molecular flexibility index (Phi) is 2.74. The number of benzene rings is 1. The van der Waals surface area contributed by atoms with Crippen LogP contribution in [0.4, 0.5) is 0 Å². The van der Waals surface area contributed by atoms with E-state index in [1.54, 1.807) is 31.2 Å². The van der Waals surface area contributed by atoms with E-state index in [4.69, 9.17) is 16.3 Å². The molecule has 0 amide bonds. The molecule has 1 aromatic rings. The highest BCUT2D eigenvalue weighted by atomic mass is 35.5. The predicted octanol–water partition coefficient (Wildman–Crippen LogP) is 2.03. The standard InChI is InChI=1S/C12H11ClO3/c1-8-12(15,6-5-11(14)16-8)9-3-2-4-10(13)7-9/h2-8,15H,1H3/t8-,12-/m1/s1. The van der Waals surface area contributed by atoms with Crippen LogP contribution in [0.1, 0.15) is 12.5 Å². The molecule has 2 atom stereocenters. The van der Waals surface area contributed by atoms with Crippen LogP contribution < -0.4 is 0 Å². The quantitative estimate of drug-likeness (QED) is 0.762. The Bertz CT molecular complexity index is 455. The van der Waals surface area contributed by atoms with E-state index in [2.05, 4.69) is 0 Å². The van der Waals surface area contributed by atoms with Crippen LogP contribution in [0.5, 0.6) is 0 Å². The molecule has 0 aromatic heterocycles. The zero-order valence-corrected chi connectivity index (χ0v) is 9.44. The maximum atomic E-state index is 11.0. The summed E-state index contributed by atoms with van der Waals surface area (Å²) < 4.78 is 4.98. The number of carbonyl (C=O) groups excluding carboxylic acids is 1. The molecule has 0 radical (unpaired) electrons. The third-order valence-corrected chi connectivity index (χ3v) is 2.91. The minimum atomic E-state index is -1.31. The number of halogens is 1. The summed E-state index contributed by atoms with van der Waals surface area (Å²) in [6.45, 7) is 1.64. The first-order valence-corrected chi connectivity index (χ1v) is 5.28. The Morgan fingerprint density at radius 3 is 2.88 bits per heavy atom. The summed E-state index contributed by atoms with van der Waals surface area (Å²) in [4.78, 5) is 11.0. The highest BCUT2D eigenvalue weighted by Gasteiger charge is 2.38. The van der Waals surface area contributed by atoms with Gasteiger partial charge >= 0.3 is 5.97 Å². The molecule has 1 heterocycles. The van der Waals surface area contributed by atoms with E-state index < -0.39 is 17.7 Å². The Hall–Kier alpha value is -1.32. The highest BCUT2D eigenvalue weighted by Crippen LogP contribution is 2.32. The molecule has 3 nitrogen and oxygen atoms in total. The van der Waals surface area contributed by atoms with Crippen molar-refractivity contribution in [2.75, 3.05) is 0 Å². The van der Waals surface area contributed by atoms with Gasteiger partial charge in [-0.15, -0.1) is 0 Å². The highest BCUT2D eigenvalue weighted by molar-refractivity contribution is 6.30. The number of aliphatic hydroxyl groups is 1. The monoisotopic (exact) mass is 238 g/mol. The maximum Gasteiger partial charge on any atom is 0.330 e. The van der Waals surface area contributed by atoms with Gasteiger partial charge in [-0.25, -0.2) is 4.79 Å². The first-order chi connectivity index (χ1) is 7.52. The molecule has 0 saturated heterocycles. The van der Waals surface area contributed by atoms with Crippen LogP contribution in [0.3, 0.4) is 0 Å². The molecule has 0 fully saturated rings. The van der Waals surface area contributed by atoms with Gasteiger partial charge in [-0.1, -0.05) is 23.7 Å². The predicted molar refractivity (Wildman–Crippen MR) is 60.0 cm³/mol. The van der Waals surface area contributed by atoms with Crippen molar-refractivity contribution >= 4 is 17.6 Å². The molecule has 1 aliphatic heterocycles. The number of cyclic esters (lactones) is 1. The summed E-state index contributed by atoms with van der Waals surface area (Å²) in [5, 5.41) is 11.0. The first-order valence-electron chi connectivity index (χ1n) is 4.90. The van der Waals surface area contributed by atoms with Gasteiger partial charge in [-0.05, 0) is 30.7 Å². The second kappa shape index (κ2) is 3.92. The minimum absolute atomic E-state index is 0.445. The van der Waals surface area contributed by atoms with Gasteiger partial charge in [0.2, 0.25) is 0 Å². The van der Waals surface area contributed by atoms with Gasteiger partial charge in [0.25, 0.3) is 0 Å². The SMILES string of the molecule is C[C@H]1OC(=O)C=C[C@]1(O)c1cccc(Cl)c1. The molecular weight excluding hydrogens is 228 g/mol. The molecular formula is C12H11ClO3. The third kappa shape index (κ3) is 1.84. The number of carbonyl (C=O) groups is 1. The molecule has 0 unspecified atom stereocenters. The van der Waals surface area contributed by atoms with Gasteiger partial charge < -0.3 is 9.84 Å². The van der Waals surface area contributed by atoms with Gasteiger partial charge in [-0.3, -0.25) is 0 Å². The lowest BCUT2D eigenvalue weighted by molar-refractivity contribution is -0.157. The Morgan fingerprint density at radius 2 is 2.25 bits per heavy atom. The van der Waals surface area contributed by atoms with Gasteiger partial charge in [-0.2, -0.15) is 0 Å². The second-order valence-corrected chi connectivity index (χ2v) is 4.18. The van der Waals surface area contributed by atoms with Crippen LogP contribution in [-0.4, -0.2) is 17.2 Å². The number of hydrogen-bond acceptors (Lipinski definition) is 3. The summed E-state index contributed by atoms with van der Waals surface area (Å²) >= 11 is 5.86. The molecule has 0 saturated carbocycles. The van der Waals surface area contributed by atoms with Gasteiger partial charge in [0.15, 0.2) is 0 Å². The molecule has 1 N–H and O–H groups in total. The maximum absolute atomic E-state index is 11.0. The molecule has 0 spiro atoms. The van der Waals surface area contributed by atoms with E-state index in [0.29, 0.717) is 10.6 Å². The largest absolute Gasteiger partial charge is 0.456 e. The lowest BCUT2D eigenvalue weighted by Gasteiger charge is -2.33. The Balaban J connectivity index is 2.45. The van der Waals surface area contributed by atoms with Crippen molar-refractivity contribution in [2.24, 2.45) is 0 Å². The average Bonchev–Trinajstić information content (AvgIpc) is 2.24. The molecule has 0 bridgehead atoms. The fourth-order valence-electron chi connectivity index (χ4n) is 1.70. The van der Waals surface area contributed by atoms with Crippen LogP contribution in [0.15, 0.2) is 36.4 Å². The number of esters is 1. The summed E-state index contributed by atoms with van der Waals surface area (Å²) in [7, 11) is 0. The lowest BCUT2D eigenvalue weighted by Crippen LogP contribution is -2.41. The van der Waals surface area contributed by atoms with E-state index >= 15 is 0 Å². The Labute approximate surface area is 98.3 Å². The number of hydrogen-bond donors (Lipinski definition) is 1. The topological polar surface area (TPSA) is 46.5 Å². The van der Waals surface area contributed by atoms with E-state index in [0.717, 1.165) is 0 Å². The van der Waals surface area contributed by atoms with Crippen molar-refractivity contribution in [3.05, 3.63) is 47.0 Å². The fourth-order valence-corrected chi connectivity index (χ4v) is 1.89. The zero-order valence-electron chi connectivity index (χ0n) is 8.68. The zero-order chi connectivity index (χ0) is 11.8. The van der Waals surface area contributed by atoms with Crippen molar-refractivity contribution in [3.8, 4) is 0 Å². The smallest absolute Gasteiger partial charge is 0.330 e. The normalized spacial score (nSPS) is 28.9. The molecule has 84 valence electrons. The van der Waals surface area contributed by atoms with Gasteiger partial charge in [0, 0.05) is 11.1 Å². The van der Waals surface area contributed by atoms with E-state index in [-0.39, 0.29) is 0 Å². The molecule has 16 heavy (non-hydrogen) atoms. The molecule has 1 aliphatic rings. The number of rotatable bonds is 1.